The molecule has 0 aliphatic carbocycles. The van der Waals surface area contributed by atoms with E-state index in [9.17, 15) is 29.3 Å². The van der Waals surface area contributed by atoms with Crippen molar-refractivity contribution in [3.05, 3.63) is 99.1 Å². The number of carbonyl (C=O) groups excluding carboxylic acids is 4. The number of imide groups is 1. The number of esters is 1. The normalized spacial score (nSPS) is 12.3. The number of fused-ring (bicyclic) bond motifs is 1. The van der Waals surface area contributed by atoms with Crippen LogP contribution in [-0.4, -0.2) is 35.7 Å². The molecule has 0 radical (unpaired) electrons. The monoisotopic (exact) mass is 445 g/mol. The highest BCUT2D eigenvalue weighted by molar-refractivity contribution is 6.34. The minimum absolute atomic E-state index is 0.0633. The zero-order valence-electron chi connectivity index (χ0n) is 17.1. The fraction of sp³-hybridized carbons (Fsp3) is 0.0435. The molecule has 0 saturated heterocycles. The van der Waals surface area contributed by atoms with Gasteiger partial charge in [-0.3, -0.25) is 24.5 Å². The smallest absolute Gasteiger partial charge is 0.337 e. The number of amides is 3. The second-order valence-electron chi connectivity index (χ2n) is 7.00. The van der Waals surface area contributed by atoms with Gasteiger partial charge in [-0.25, -0.2) is 9.69 Å². The highest BCUT2D eigenvalue weighted by Crippen LogP contribution is 2.29. The summed E-state index contributed by atoms with van der Waals surface area (Å²) >= 11 is 0. The minimum Gasteiger partial charge on any atom is -0.465 e. The largest absolute Gasteiger partial charge is 0.465 e. The van der Waals surface area contributed by atoms with Crippen LogP contribution < -0.4 is 10.2 Å². The number of hydrogen-bond donors (Lipinski definition) is 1. The second kappa shape index (κ2) is 8.35. The van der Waals surface area contributed by atoms with Gasteiger partial charge in [0.25, 0.3) is 23.4 Å². The van der Waals surface area contributed by atoms with Crippen molar-refractivity contribution in [1.29, 1.82) is 0 Å². The van der Waals surface area contributed by atoms with Crippen molar-refractivity contribution in [2.45, 2.75) is 0 Å². The van der Waals surface area contributed by atoms with Gasteiger partial charge in [-0.05, 0) is 54.6 Å². The molecule has 3 aromatic rings. The molecule has 0 bridgehead atoms. The highest BCUT2D eigenvalue weighted by Gasteiger charge is 2.37. The molecule has 3 aromatic carbocycles. The lowest BCUT2D eigenvalue weighted by Crippen LogP contribution is -2.29. The maximum absolute atomic E-state index is 12.9. The van der Waals surface area contributed by atoms with Crippen LogP contribution in [0.1, 0.15) is 41.4 Å². The first kappa shape index (κ1) is 21.4. The lowest BCUT2D eigenvalue weighted by atomic mass is 10.1. The van der Waals surface area contributed by atoms with Gasteiger partial charge < -0.3 is 10.1 Å². The van der Waals surface area contributed by atoms with Gasteiger partial charge in [0.15, 0.2) is 0 Å². The average molecular weight is 445 g/mol. The molecule has 0 atom stereocenters. The molecule has 0 fully saturated rings. The van der Waals surface area contributed by atoms with E-state index < -0.39 is 28.6 Å². The molecule has 1 aliphatic rings. The van der Waals surface area contributed by atoms with E-state index in [1.54, 1.807) is 0 Å². The van der Waals surface area contributed by atoms with Crippen molar-refractivity contribution in [3.63, 3.8) is 0 Å². The fourth-order valence-electron chi connectivity index (χ4n) is 3.35. The van der Waals surface area contributed by atoms with E-state index in [2.05, 4.69) is 10.1 Å². The van der Waals surface area contributed by atoms with Gasteiger partial charge in [0, 0.05) is 23.4 Å². The number of nitrogens with zero attached hydrogens (tertiary/aromatic N) is 2. The minimum atomic E-state index is -0.606. The molecular formula is C23H15N3O7. The topological polar surface area (TPSA) is 136 Å². The first-order chi connectivity index (χ1) is 15.8. The highest BCUT2D eigenvalue weighted by atomic mass is 16.6. The number of anilines is 2. The number of benzene rings is 3. The van der Waals surface area contributed by atoms with Crippen molar-refractivity contribution in [2.75, 3.05) is 17.3 Å². The third-order valence-corrected chi connectivity index (χ3v) is 5.03. The molecule has 0 aromatic heterocycles. The number of hydrogen-bond acceptors (Lipinski definition) is 7. The van der Waals surface area contributed by atoms with Crippen molar-refractivity contribution in [3.8, 4) is 0 Å². The summed E-state index contributed by atoms with van der Waals surface area (Å²) in [5.41, 5.74) is 1.09. The molecule has 1 aliphatic heterocycles. The third kappa shape index (κ3) is 3.92. The van der Waals surface area contributed by atoms with Gasteiger partial charge in [-0.1, -0.05) is 0 Å². The summed E-state index contributed by atoms with van der Waals surface area (Å²) in [6.45, 7) is 0. The summed E-state index contributed by atoms with van der Waals surface area (Å²) in [4.78, 5) is 61.1. The van der Waals surface area contributed by atoms with Crippen LogP contribution in [-0.2, 0) is 4.74 Å². The summed E-state index contributed by atoms with van der Waals surface area (Å²) in [6.07, 6.45) is 0. The Bertz CT molecular complexity index is 1310. The maximum atomic E-state index is 12.9. The van der Waals surface area contributed by atoms with Gasteiger partial charge in [-0.2, -0.15) is 0 Å². The number of carbonyl (C=O) groups is 4. The summed E-state index contributed by atoms with van der Waals surface area (Å²) in [5, 5.41) is 13.3. The van der Waals surface area contributed by atoms with Gasteiger partial charge in [0.05, 0.1) is 34.4 Å². The lowest BCUT2D eigenvalue weighted by Gasteiger charge is -2.14. The zero-order chi connectivity index (χ0) is 23.7. The molecular weight excluding hydrogens is 430 g/mol. The summed E-state index contributed by atoms with van der Waals surface area (Å²) in [5.74, 6) is -2.26. The molecule has 3 amide bonds. The van der Waals surface area contributed by atoms with E-state index in [1.165, 1.54) is 73.8 Å². The van der Waals surface area contributed by atoms with Crippen LogP contribution in [0.25, 0.3) is 0 Å². The van der Waals surface area contributed by atoms with E-state index in [0.29, 0.717) is 5.69 Å². The fourth-order valence-corrected chi connectivity index (χ4v) is 3.35. The molecule has 10 nitrogen and oxygen atoms in total. The molecule has 10 heteroatoms. The van der Waals surface area contributed by atoms with E-state index in [-0.39, 0.29) is 33.6 Å². The molecule has 164 valence electrons. The van der Waals surface area contributed by atoms with Gasteiger partial charge in [0.1, 0.15) is 0 Å². The van der Waals surface area contributed by atoms with E-state index in [1.807, 2.05) is 0 Å². The number of rotatable bonds is 5. The first-order valence-corrected chi connectivity index (χ1v) is 9.57. The summed E-state index contributed by atoms with van der Waals surface area (Å²) < 4.78 is 4.63. The van der Waals surface area contributed by atoms with Crippen molar-refractivity contribution >= 4 is 40.8 Å². The van der Waals surface area contributed by atoms with Crippen LogP contribution in [0.4, 0.5) is 17.1 Å². The molecule has 0 spiro atoms. The Kier molecular flexibility index (Phi) is 5.41. The van der Waals surface area contributed by atoms with Crippen LogP contribution in [0, 0.1) is 10.1 Å². The Morgan fingerprint density at radius 1 is 0.879 bits per heavy atom. The number of nitro groups is 1. The molecule has 1 heterocycles. The van der Waals surface area contributed by atoms with Crippen LogP contribution in [0.3, 0.4) is 0 Å². The zero-order valence-corrected chi connectivity index (χ0v) is 17.1. The van der Waals surface area contributed by atoms with Crippen molar-refractivity contribution in [1.82, 2.24) is 0 Å². The van der Waals surface area contributed by atoms with Crippen molar-refractivity contribution < 1.29 is 28.8 Å². The third-order valence-electron chi connectivity index (χ3n) is 5.03. The number of ether oxygens (including phenoxy) is 1. The average Bonchev–Trinajstić information content (AvgIpc) is 3.08. The number of methoxy groups -OCH3 is 1. The maximum Gasteiger partial charge on any atom is 0.337 e. The Labute approximate surface area is 186 Å². The van der Waals surface area contributed by atoms with E-state index in [0.717, 1.165) is 4.90 Å². The summed E-state index contributed by atoms with van der Waals surface area (Å²) in [6, 6.07) is 15.2. The lowest BCUT2D eigenvalue weighted by molar-refractivity contribution is -0.384. The first-order valence-electron chi connectivity index (χ1n) is 9.57. The predicted molar refractivity (Wildman–Crippen MR) is 116 cm³/mol. The standard InChI is InChI=1S/C23H15N3O7/c1-33-23(30)13-2-7-16(8-3-13)25-21(28)18-11-4-14(12-19(18)22(25)29)20(27)24-15-5-9-17(10-6-15)26(31)32/h2-12H,1H3,(H,24,27). The molecule has 4 rings (SSSR count). The number of nitro benzene ring substituents is 1. The van der Waals surface area contributed by atoms with E-state index in [4.69, 9.17) is 0 Å². The van der Waals surface area contributed by atoms with Gasteiger partial charge in [-0.15, -0.1) is 0 Å². The van der Waals surface area contributed by atoms with Crippen LogP contribution in [0.2, 0.25) is 0 Å². The SMILES string of the molecule is COC(=O)c1ccc(N2C(=O)c3ccc(C(=O)Nc4ccc([N+](=O)[O-])cc4)cc3C2=O)cc1. The van der Waals surface area contributed by atoms with Gasteiger partial charge in [0.2, 0.25) is 0 Å². The molecule has 0 saturated carbocycles. The van der Waals surface area contributed by atoms with Crippen LogP contribution in [0.5, 0.6) is 0 Å². The van der Waals surface area contributed by atoms with Crippen molar-refractivity contribution in [2.24, 2.45) is 0 Å². The van der Waals surface area contributed by atoms with E-state index >= 15 is 0 Å². The van der Waals surface area contributed by atoms with Gasteiger partial charge >= 0.3 is 5.97 Å². The quantitative estimate of drug-likeness (QED) is 0.275. The predicted octanol–water partition coefficient (Wildman–Crippen LogP) is 3.43. The number of non-ortho nitro benzene ring substituents is 1. The Morgan fingerprint density at radius 3 is 2.09 bits per heavy atom. The number of nitrogens with one attached hydrogen (secondary N) is 1. The second-order valence-corrected chi connectivity index (χ2v) is 7.00. The van der Waals surface area contributed by atoms with Crippen LogP contribution >= 0.6 is 0 Å². The molecule has 33 heavy (non-hydrogen) atoms. The molecule has 1 N–H and O–H groups in total. The van der Waals surface area contributed by atoms with Crippen LogP contribution in [0.15, 0.2) is 66.7 Å². The Morgan fingerprint density at radius 2 is 1.48 bits per heavy atom. The Balaban J connectivity index is 1.56. The summed E-state index contributed by atoms with van der Waals surface area (Å²) in [7, 11) is 1.25. The Hall–Kier alpha value is -4.86. The molecule has 0 unspecified atom stereocenters.